The van der Waals surface area contributed by atoms with Crippen molar-refractivity contribution in [3.05, 3.63) is 101 Å². The van der Waals surface area contributed by atoms with Crippen molar-refractivity contribution in [2.45, 2.75) is 19.4 Å². The van der Waals surface area contributed by atoms with Crippen LogP contribution in [0.25, 0.3) is 16.4 Å². The monoisotopic (exact) mass is 442 g/mol. The third-order valence-corrected chi connectivity index (χ3v) is 5.54. The van der Waals surface area contributed by atoms with Gasteiger partial charge in [-0.2, -0.15) is 0 Å². The van der Waals surface area contributed by atoms with Crippen LogP contribution in [-0.2, 0) is 6.42 Å². The molecule has 1 aromatic carbocycles. The molecule has 0 aliphatic rings. The molecular formula is C24H19ClN6O. The summed E-state index contributed by atoms with van der Waals surface area (Å²) in [5.74, 6) is -0.197. The van der Waals surface area contributed by atoms with Crippen LogP contribution in [0.3, 0.4) is 0 Å². The zero-order valence-corrected chi connectivity index (χ0v) is 18.0. The molecule has 1 unspecified atom stereocenters. The Morgan fingerprint density at radius 2 is 1.97 bits per heavy atom. The lowest BCUT2D eigenvalue weighted by molar-refractivity contribution is 0.0936. The number of rotatable bonds is 5. The zero-order valence-electron chi connectivity index (χ0n) is 17.2. The van der Waals surface area contributed by atoms with E-state index in [-0.39, 0.29) is 11.9 Å². The minimum absolute atomic E-state index is 0.197. The Balaban J connectivity index is 1.54. The molecule has 0 spiro atoms. The van der Waals surface area contributed by atoms with Gasteiger partial charge in [0.2, 0.25) is 0 Å². The molecular weight excluding hydrogens is 424 g/mol. The fourth-order valence-corrected chi connectivity index (χ4v) is 3.91. The highest BCUT2D eigenvalue weighted by molar-refractivity contribution is 6.31. The third-order valence-electron chi connectivity index (χ3n) is 5.33. The highest BCUT2D eigenvalue weighted by atomic mass is 35.5. The van der Waals surface area contributed by atoms with Crippen molar-refractivity contribution in [3.8, 4) is 0 Å². The van der Waals surface area contributed by atoms with Gasteiger partial charge in [-0.1, -0.05) is 22.9 Å². The summed E-state index contributed by atoms with van der Waals surface area (Å²) in [6.07, 6.45) is 7.22. The molecule has 1 atom stereocenters. The fourth-order valence-electron chi connectivity index (χ4n) is 3.74. The maximum absolute atomic E-state index is 13.0. The van der Waals surface area contributed by atoms with E-state index in [1.54, 1.807) is 35.2 Å². The van der Waals surface area contributed by atoms with E-state index in [1.165, 1.54) is 0 Å². The largest absolute Gasteiger partial charge is 0.343 e. The number of aryl methyl sites for hydroxylation is 1. The highest BCUT2D eigenvalue weighted by Gasteiger charge is 2.22. The molecule has 0 bridgehead atoms. The number of aromatic nitrogens is 5. The Kier molecular flexibility index (Phi) is 5.25. The summed E-state index contributed by atoms with van der Waals surface area (Å²) in [5, 5.41) is 13.3. The second kappa shape index (κ2) is 8.36. The minimum Gasteiger partial charge on any atom is -0.343 e. The minimum atomic E-state index is -0.389. The van der Waals surface area contributed by atoms with Crippen LogP contribution in [0.2, 0.25) is 5.02 Å². The van der Waals surface area contributed by atoms with Crippen molar-refractivity contribution in [3.63, 3.8) is 0 Å². The standard InChI is InChI=1S/C24H19ClN6O/c1-15-6-9-31-22(10-15)23(29-30-31)21(28-24(32)17-4-7-26-8-5-17)12-16-2-3-20-18(11-16)13-19(25)14-27-20/h2-11,13-14,21H,12H2,1H3,(H,28,32). The van der Waals surface area contributed by atoms with Gasteiger partial charge in [0.1, 0.15) is 5.69 Å². The normalized spacial score (nSPS) is 12.2. The number of benzene rings is 1. The van der Waals surface area contributed by atoms with E-state index in [0.717, 1.165) is 27.5 Å². The summed E-state index contributed by atoms with van der Waals surface area (Å²) >= 11 is 6.13. The number of nitrogens with one attached hydrogen (secondary N) is 1. The number of hydrogen-bond donors (Lipinski definition) is 1. The predicted octanol–water partition coefficient (Wildman–Crippen LogP) is 4.35. The first-order valence-corrected chi connectivity index (χ1v) is 10.5. The van der Waals surface area contributed by atoms with Crippen LogP contribution in [-0.4, -0.2) is 30.7 Å². The number of nitrogens with zero attached hydrogens (tertiary/aromatic N) is 5. The fraction of sp³-hybridized carbons (Fsp3) is 0.125. The Labute approximate surface area is 189 Å². The van der Waals surface area contributed by atoms with Crippen molar-refractivity contribution >= 4 is 33.9 Å². The summed E-state index contributed by atoms with van der Waals surface area (Å²) in [5.41, 5.74) is 5.07. The lowest BCUT2D eigenvalue weighted by Crippen LogP contribution is -2.30. The van der Waals surface area contributed by atoms with E-state index < -0.39 is 0 Å². The molecule has 4 aromatic heterocycles. The SMILES string of the molecule is Cc1ccn2nnc(C(Cc3ccc4ncc(Cl)cc4c3)NC(=O)c3ccncc3)c2c1. The molecule has 0 aliphatic heterocycles. The van der Waals surface area contributed by atoms with Crippen LogP contribution in [0, 0.1) is 6.92 Å². The average molecular weight is 443 g/mol. The van der Waals surface area contributed by atoms with Gasteiger partial charge in [-0.25, -0.2) is 4.52 Å². The second-order valence-corrected chi connectivity index (χ2v) is 8.09. The van der Waals surface area contributed by atoms with Crippen molar-refractivity contribution in [1.82, 2.24) is 30.1 Å². The number of carbonyl (C=O) groups is 1. The molecule has 0 saturated heterocycles. The predicted molar refractivity (Wildman–Crippen MR) is 123 cm³/mol. The molecule has 0 aliphatic carbocycles. The van der Waals surface area contributed by atoms with Crippen molar-refractivity contribution in [2.75, 3.05) is 0 Å². The third kappa shape index (κ3) is 4.02. The molecule has 1 N–H and O–H groups in total. The quantitative estimate of drug-likeness (QED) is 0.437. The molecule has 0 radical (unpaired) electrons. The number of amides is 1. The summed E-state index contributed by atoms with van der Waals surface area (Å²) < 4.78 is 1.72. The molecule has 7 nitrogen and oxygen atoms in total. The Hall–Kier alpha value is -3.84. The molecule has 158 valence electrons. The first kappa shape index (κ1) is 20.1. The molecule has 1 amide bonds. The number of fused-ring (bicyclic) bond motifs is 2. The summed E-state index contributed by atoms with van der Waals surface area (Å²) in [6.45, 7) is 2.02. The van der Waals surface area contributed by atoms with Gasteiger partial charge in [0.15, 0.2) is 0 Å². The van der Waals surface area contributed by atoms with Gasteiger partial charge in [0, 0.05) is 35.7 Å². The van der Waals surface area contributed by atoms with E-state index in [0.29, 0.717) is 22.7 Å². The topological polar surface area (TPSA) is 85.1 Å². The van der Waals surface area contributed by atoms with Crippen LogP contribution in [0.4, 0.5) is 0 Å². The van der Waals surface area contributed by atoms with Crippen molar-refractivity contribution in [1.29, 1.82) is 0 Å². The number of hydrogen-bond acceptors (Lipinski definition) is 5. The van der Waals surface area contributed by atoms with E-state index >= 15 is 0 Å². The molecule has 5 aromatic rings. The maximum Gasteiger partial charge on any atom is 0.251 e. The molecule has 0 saturated carbocycles. The first-order valence-electron chi connectivity index (χ1n) is 10.1. The Bertz CT molecular complexity index is 1430. The van der Waals surface area contributed by atoms with Gasteiger partial charge in [0.05, 0.1) is 22.1 Å². The molecule has 4 heterocycles. The summed E-state index contributed by atoms with van der Waals surface area (Å²) in [7, 11) is 0. The van der Waals surface area contributed by atoms with Gasteiger partial charge in [-0.15, -0.1) is 5.10 Å². The maximum atomic E-state index is 13.0. The first-order chi connectivity index (χ1) is 15.6. The van der Waals surface area contributed by atoms with Gasteiger partial charge in [-0.3, -0.25) is 14.8 Å². The van der Waals surface area contributed by atoms with Crippen LogP contribution in [0.5, 0.6) is 0 Å². The molecule has 5 rings (SSSR count). The van der Waals surface area contributed by atoms with Crippen LogP contribution < -0.4 is 5.32 Å². The summed E-state index contributed by atoms with van der Waals surface area (Å²) in [6, 6.07) is 14.8. The van der Waals surface area contributed by atoms with E-state index in [2.05, 4.69) is 25.6 Å². The van der Waals surface area contributed by atoms with Gasteiger partial charge in [0.25, 0.3) is 5.91 Å². The van der Waals surface area contributed by atoms with Gasteiger partial charge >= 0.3 is 0 Å². The van der Waals surface area contributed by atoms with Crippen LogP contribution in [0.15, 0.2) is 73.3 Å². The average Bonchev–Trinajstić information content (AvgIpc) is 3.22. The molecule has 32 heavy (non-hydrogen) atoms. The summed E-state index contributed by atoms with van der Waals surface area (Å²) in [4.78, 5) is 21.3. The lowest BCUT2D eigenvalue weighted by Gasteiger charge is -2.18. The van der Waals surface area contributed by atoms with Crippen LogP contribution >= 0.6 is 11.6 Å². The van der Waals surface area contributed by atoms with Gasteiger partial charge < -0.3 is 5.32 Å². The van der Waals surface area contributed by atoms with Crippen molar-refractivity contribution in [2.24, 2.45) is 0 Å². The Morgan fingerprint density at radius 3 is 2.81 bits per heavy atom. The van der Waals surface area contributed by atoms with Gasteiger partial charge in [-0.05, 0) is 66.9 Å². The molecule has 0 fully saturated rings. The number of halogens is 1. The van der Waals surface area contributed by atoms with Crippen molar-refractivity contribution < 1.29 is 4.79 Å². The lowest BCUT2D eigenvalue weighted by atomic mass is 10.00. The number of carbonyl (C=O) groups excluding carboxylic acids is 1. The zero-order chi connectivity index (χ0) is 22.1. The molecule has 8 heteroatoms. The smallest absolute Gasteiger partial charge is 0.251 e. The van der Waals surface area contributed by atoms with E-state index in [9.17, 15) is 4.79 Å². The van der Waals surface area contributed by atoms with E-state index in [4.69, 9.17) is 11.6 Å². The van der Waals surface area contributed by atoms with Crippen LogP contribution in [0.1, 0.15) is 33.2 Å². The highest BCUT2D eigenvalue weighted by Crippen LogP contribution is 2.25. The Morgan fingerprint density at radius 1 is 1.12 bits per heavy atom. The number of pyridine rings is 3. The van der Waals surface area contributed by atoms with E-state index in [1.807, 2.05) is 49.5 Å². The second-order valence-electron chi connectivity index (χ2n) is 7.66.